The van der Waals surface area contributed by atoms with E-state index in [1.54, 1.807) is 0 Å². The molecular formula is C9H19N. The molecule has 1 heteroatoms. The van der Waals surface area contributed by atoms with Crippen LogP contribution in [0.25, 0.3) is 0 Å². The van der Waals surface area contributed by atoms with Gasteiger partial charge in [0.15, 0.2) is 0 Å². The van der Waals surface area contributed by atoms with Gasteiger partial charge < -0.3 is 4.90 Å². The minimum Gasteiger partial charge on any atom is -0.302 e. The predicted octanol–water partition coefficient (Wildman–Crippen LogP) is 1.98. The van der Waals surface area contributed by atoms with Crippen LogP contribution in [-0.4, -0.2) is 24.5 Å². The molecule has 0 saturated carbocycles. The Morgan fingerprint density at radius 1 is 1.40 bits per heavy atom. The molecular weight excluding hydrogens is 122 g/mol. The van der Waals surface area contributed by atoms with Crippen molar-refractivity contribution in [1.29, 1.82) is 0 Å². The molecule has 0 spiro atoms. The van der Waals surface area contributed by atoms with E-state index in [9.17, 15) is 0 Å². The van der Waals surface area contributed by atoms with Gasteiger partial charge in [-0.3, -0.25) is 0 Å². The molecule has 0 radical (unpaired) electrons. The van der Waals surface area contributed by atoms with Crippen LogP contribution in [0.2, 0.25) is 0 Å². The highest BCUT2D eigenvalue weighted by Crippen LogP contribution is 2.36. The van der Waals surface area contributed by atoms with Gasteiger partial charge in [0, 0.05) is 13.1 Å². The second-order valence-electron chi connectivity index (χ2n) is 4.11. The molecule has 1 heterocycles. The summed E-state index contributed by atoms with van der Waals surface area (Å²) in [6.45, 7) is 13.1. The third-order valence-corrected chi connectivity index (χ3v) is 3.01. The molecule has 1 nitrogen and oxygen atoms in total. The second-order valence-corrected chi connectivity index (χ2v) is 4.11. The molecule has 1 fully saturated rings. The summed E-state index contributed by atoms with van der Waals surface area (Å²) < 4.78 is 0. The lowest BCUT2D eigenvalue weighted by Gasteiger charge is -2.50. The van der Waals surface area contributed by atoms with E-state index in [1.807, 2.05) is 0 Å². The van der Waals surface area contributed by atoms with E-state index in [4.69, 9.17) is 0 Å². The second kappa shape index (κ2) is 2.54. The standard InChI is InChI=1S/C9H19N/c1-5-10-6-9(4,7-10)8(2)3/h8H,5-7H2,1-4H3. The Kier molecular flexibility index (Phi) is 2.04. The Balaban J connectivity index is 2.34. The van der Waals surface area contributed by atoms with E-state index < -0.39 is 0 Å². The first-order chi connectivity index (χ1) is 4.58. The van der Waals surface area contributed by atoms with Crippen molar-refractivity contribution in [1.82, 2.24) is 4.90 Å². The van der Waals surface area contributed by atoms with Crippen LogP contribution in [0, 0.1) is 11.3 Å². The fourth-order valence-electron chi connectivity index (χ4n) is 1.56. The maximum absolute atomic E-state index is 2.50. The van der Waals surface area contributed by atoms with E-state index in [0.717, 1.165) is 5.92 Å². The van der Waals surface area contributed by atoms with Crippen LogP contribution >= 0.6 is 0 Å². The number of rotatable bonds is 2. The third kappa shape index (κ3) is 1.20. The zero-order valence-electron chi connectivity index (χ0n) is 7.65. The molecule has 0 aromatic heterocycles. The summed E-state index contributed by atoms with van der Waals surface area (Å²) in [6.07, 6.45) is 0. The average molecular weight is 141 g/mol. The largest absolute Gasteiger partial charge is 0.302 e. The minimum atomic E-state index is 0.621. The molecule has 0 unspecified atom stereocenters. The van der Waals surface area contributed by atoms with Crippen molar-refractivity contribution >= 4 is 0 Å². The van der Waals surface area contributed by atoms with Crippen LogP contribution in [0.5, 0.6) is 0 Å². The molecule has 1 aliphatic rings. The van der Waals surface area contributed by atoms with Gasteiger partial charge in [-0.1, -0.05) is 27.7 Å². The zero-order chi connectivity index (χ0) is 7.78. The van der Waals surface area contributed by atoms with E-state index >= 15 is 0 Å². The number of nitrogens with zero attached hydrogens (tertiary/aromatic N) is 1. The van der Waals surface area contributed by atoms with Crippen molar-refractivity contribution in [3.8, 4) is 0 Å². The summed E-state index contributed by atoms with van der Waals surface area (Å²) in [4.78, 5) is 2.50. The van der Waals surface area contributed by atoms with E-state index in [-0.39, 0.29) is 0 Å². The molecule has 0 atom stereocenters. The van der Waals surface area contributed by atoms with E-state index in [2.05, 4.69) is 32.6 Å². The number of likely N-dealkylation sites (tertiary alicyclic amines) is 1. The van der Waals surface area contributed by atoms with Gasteiger partial charge in [-0.05, 0) is 17.9 Å². The Labute approximate surface area is 64.4 Å². The van der Waals surface area contributed by atoms with Crippen molar-refractivity contribution in [3.63, 3.8) is 0 Å². The van der Waals surface area contributed by atoms with Gasteiger partial charge in [0.05, 0.1) is 0 Å². The van der Waals surface area contributed by atoms with Gasteiger partial charge in [0.2, 0.25) is 0 Å². The lowest BCUT2D eigenvalue weighted by Crippen LogP contribution is -2.56. The lowest BCUT2D eigenvalue weighted by molar-refractivity contribution is -0.0166. The quantitative estimate of drug-likeness (QED) is 0.568. The number of hydrogen-bond donors (Lipinski definition) is 0. The number of hydrogen-bond acceptors (Lipinski definition) is 1. The van der Waals surface area contributed by atoms with Crippen molar-refractivity contribution < 1.29 is 0 Å². The highest BCUT2D eigenvalue weighted by molar-refractivity contribution is 4.92. The van der Waals surface area contributed by atoms with Gasteiger partial charge in [-0.15, -0.1) is 0 Å². The van der Waals surface area contributed by atoms with Crippen molar-refractivity contribution in [2.24, 2.45) is 11.3 Å². The maximum atomic E-state index is 2.50. The fraction of sp³-hybridized carbons (Fsp3) is 1.00. The molecule has 1 aliphatic heterocycles. The van der Waals surface area contributed by atoms with Crippen LogP contribution in [0.3, 0.4) is 0 Å². The molecule has 1 rings (SSSR count). The molecule has 1 saturated heterocycles. The first-order valence-electron chi connectivity index (χ1n) is 4.31. The predicted molar refractivity (Wildman–Crippen MR) is 45.1 cm³/mol. The van der Waals surface area contributed by atoms with Crippen LogP contribution in [0.1, 0.15) is 27.7 Å². The average Bonchev–Trinajstić information content (AvgIpc) is 1.80. The molecule has 10 heavy (non-hydrogen) atoms. The topological polar surface area (TPSA) is 3.24 Å². The van der Waals surface area contributed by atoms with Crippen LogP contribution in [0.4, 0.5) is 0 Å². The normalized spacial score (nSPS) is 24.9. The van der Waals surface area contributed by atoms with E-state index in [1.165, 1.54) is 19.6 Å². The molecule has 0 aromatic carbocycles. The Bertz CT molecular complexity index is 112. The monoisotopic (exact) mass is 141 g/mol. The first-order valence-corrected chi connectivity index (χ1v) is 4.31. The summed E-state index contributed by atoms with van der Waals surface area (Å²) in [5.41, 5.74) is 0.621. The third-order valence-electron chi connectivity index (χ3n) is 3.01. The fourth-order valence-corrected chi connectivity index (χ4v) is 1.56. The molecule has 0 aromatic rings. The van der Waals surface area contributed by atoms with Crippen LogP contribution in [-0.2, 0) is 0 Å². The lowest BCUT2D eigenvalue weighted by atomic mass is 9.73. The SMILES string of the molecule is CCN1CC(C)(C(C)C)C1. The van der Waals surface area contributed by atoms with Gasteiger partial charge in [0.25, 0.3) is 0 Å². The maximum Gasteiger partial charge on any atom is 0.00502 e. The summed E-state index contributed by atoms with van der Waals surface area (Å²) in [6, 6.07) is 0. The molecule has 0 bridgehead atoms. The first kappa shape index (κ1) is 8.06. The molecule has 0 N–H and O–H groups in total. The Hall–Kier alpha value is -0.0400. The van der Waals surface area contributed by atoms with Crippen molar-refractivity contribution in [2.45, 2.75) is 27.7 Å². The van der Waals surface area contributed by atoms with Gasteiger partial charge in [-0.25, -0.2) is 0 Å². The molecule has 60 valence electrons. The minimum absolute atomic E-state index is 0.621. The van der Waals surface area contributed by atoms with Gasteiger partial charge in [0.1, 0.15) is 0 Å². The van der Waals surface area contributed by atoms with Gasteiger partial charge in [-0.2, -0.15) is 0 Å². The summed E-state index contributed by atoms with van der Waals surface area (Å²) in [5.74, 6) is 0.843. The van der Waals surface area contributed by atoms with Crippen molar-refractivity contribution in [3.05, 3.63) is 0 Å². The highest BCUT2D eigenvalue weighted by atomic mass is 15.2. The van der Waals surface area contributed by atoms with Gasteiger partial charge >= 0.3 is 0 Å². The summed E-state index contributed by atoms with van der Waals surface area (Å²) in [5, 5.41) is 0. The summed E-state index contributed by atoms with van der Waals surface area (Å²) >= 11 is 0. The van der Waals surface area contributed by atoms with E-state index in [0.29, 0.717) is 5.41 Å². The molecule has 0 aliphatic carbocycles. The Morgan fingerprint density at radius 3 is 2.20 bits per heavy atom. The van der Waals surface area contributed by atoms with Crippen LogP contribution < -0.4 is 0 Å². The molecule has 0 amide bonds. The Morgan fingerprint density at radius 2 is 1.90 bits per heavy atom. The van der Waals surface area contributed by atoms with Crippen LogP contribution in [0.15, 0.2) is 0 Å². The highest BCUT2D eigenvalue weighted by Gasteiger charge is 2.39. The van der Waals surface area contributed by atoms with Crippen molar-refractivity contribution in [2.75, 3.05) is 19.6 Å². The zero-order valence-corrected chi connectivity index (χ0v) is 7.65. The smallest absolute Gasteiger partial charge is 0.00502 e. The summed E-state index contributed by atoms with van der Waals surface area (Å²) in [7, 11) is 0.